The predicted octanol–water partition coefficient (Wildman–Crippen LogP) is 4.42. The molecule has 2 aromatic heterocycles. The van der Waals surface area contributed by atoms with Crippen molar-refractivity contribution < 1.29 is 9.59 Å². The average Bonchev–Trinajstić information content (AvgIpc) is 3.29. The van der Waals surface area contributed by atoms with Gasteiger partial charge in [-0.25, -0.2) is 4.98 Å². The molecule has 0 atom stereocenters. The third-order valence-electron chi connectivity index (χ3n) is 5.45. The van der Waals surface area contributed by atoms with Crippen molar-refractivity contribution in [2.24, 2.45) is 0 Å². The summed E-state index contributed by atoms with van der Waals surface area (Å²) in [6, 6.07) is 18.7. The number of nitrogens with zero attached hydrogens (tertiary/aromatic N) is 3. The Hall–Kier alpha value is -4.04. The molecule has 0 saturated heterocycles. The number of hydrogen-bond donors (Lipinski definition) is 2. The highest BCUT2D eigenvalue weighted by Crippen LogP contribution is 2.24. The maximum Gasteiger partial charge on any atom is 0.254 e. The highest BCUT2D eigenvalue weighted by atomic mass is 32.1. The molecule has 0 fully saturated rings. The van der Waals surface area contributed by atoms with Crippen LogP contribution in [0.3, 0.4) is 0 Å². The van der Waals surface area contributed by atoms with E-state index >= 15 is 0 Å². The van der Waals surface area contributed by atoms with E-state index in [2.05, 4.69) is 15.3 Å². The molecule has 2 amide bonds. The van der Waals surface area contributed by atoms with Gasteiger partial charge >= 0.3 is 0 Å². The summed E-state index contributed by atoms with van der Waals surface area (Å²) in [4.78, 5) is 35.8. The van der Waals surface area contributed by atoms with Crippen LogP contribution in [0.15, 0.2) is 78.4 Å². The van der Waals surface area contributed by atoms with Gasteiger partial charge in [0.1, 0.15) is 6.54 Å². The Morgan fingerprint density at radius 2 is 1.76 bits per heavy atom. The number of carbonyl (C=O) groups excluding carboxylic acids is 2. The zero-order chi connectivity index (χ0) is 23.9. The molecule has 7 nitrogen and oxygen atoms in total. The van der Waals surface area contributed by atoms with E-state index in [9.17, 15) is 9.59 Å². The Bertz CT molecular complexity index is 1270. The lowest BCUT2D eigenvalue weighted by Crippen LogP contribution is -2.39. The van der Waals surface area contributed by atoms with Gasteiger partial charge in [0.2, 0.25) is 5.91 Å². The molecule has 34 heavy (non-hydrogen) atoms. The van der Waals surface area contributed by atoms with Crippen LogP contribution in [0, 0.1) is 6.92 Å². The second-order valence-electron chi connectivity index (χ2n) is 7.84. The zero-order valence-electron chi connectivity index (χ0n) is 18.8. The van der Waals surface area contributed by atoms with Gasteiger partial charge in [0.05, 0.1) is 5.69 Å². The smallest absolute Gasteiger partial charge is 0.254 e. The van der Waals surface area contributed by atoms with Crippen LogP contribution >= 0.6 is 11.3 Å². The van der Waals surface area contributed by atoms with E-state index in [1.165, 1.54) is 11.3 Å². The van der Waals surface area contributed by atoms with Crippen molar-refractivity contribution in [3.8, 4) is 11.3 Å². The van der Waals surface area contributed by atoms with E-state index in [0.29, 0.717) is 29.3 Å². The predicted molar refractivity (Wildman–Crippen MR) is 136 cm³/mol. The number of nitrogens with one attached hydrogen (secondary N) is 1. The summed E-state index contributed by atoms with van der Waals surface area (Å²) < 4.78 is 0. The van der Waals surface area contributed by atoms with E-state index in [4.69, 9.17) is 5.73 Å². The van der Waals surface area contributed by atoms with Crippen LogP contribution in [0.1, 0.15) is 21.5 Å². The quantitative estimate of drug-likeness (QED) is 0.396. The number of amides is 2. The van der Waals surface area contributed by atoms with Gasteiger partial charge in [0, 0.05) is 41.1 Å². The molecule has 0 spiro atoms. The molecule has 3 N–H and O–H groups in total. The molecule has 8 heteroatoms. The summed E-state index contributed by atoms with van der Waals surface area (Å²) in [5.74, 6) is -0.472. The van der Waals surface area contributed by atoms with Crippen LogP contribution in [0.2, 0.25) is 0 Å². The lowest BCUT2D eigenvalue weighted by molar-refractivity contribution is -0.116. The average molecular weight is 472 g/mol. The van der Waals surface area contributed by atoms with Crippen molar-refractivity contribution in [3.05, 3.63) is 95.1 Å². The van der Waals surface area contributed by atoms with E-state index in [1.54, 1.807) is 29.4 Å². The largest absolute Gasteiger partial charge is 0.375 e. The van der Waals surface area contributed by atoms with Gasteiger partial charge in [0.25, 0.3) is 5.91 Å². The molecule has 4 rings (SSSR count). The van der Waals surface area contributed by atoms with E-state index < -0.39 is 0 Å². The summed E-state index contributed by atoms with van der Waals surface area (Å²) >= 11 is 1.38. The topological polar surface area (TPSA) is 101 Å². The van der Waals surface area contributed by atoms with Gasteiger partial charge in [-0.15, -0.1) is 11.3 Å². The molecule has 0 bridgehead atoms. The number of aryl methyl sites for hydroxylation is 1. The first-order chi connectivity index (χ1) is 16.5. The minimum Gasteiger partial charge on any atom is -0.375 e. The molecule has 172 valence electrons. The Balaban J connectivity index is 1.44. The fourth-order valence-electron chi connectivity index (χ4n) is 3.59. The second-order valence-corrected chi connectivity index (χ2v) is 8.73. The third kappa shape index (κ3) is 5.85. The number of carbonyl (C=O) groups is 2. The molecule has 0 saturated carbocycles. The maximum absolute atomic E-state index is 13.1. The standard InChI is InChI=1S/C26H25N5O2S/c1-18-4-2-3-5-19(18)12-15-31(25(33)21-10-13-28-14-11-21)16-24(32)29-22-8-6-20(7-9-22)23-17-34-26(27)30-23/h2-11,13-14,17H,12,15-16H2,1H3,(H2,27,30)(H,29,32). The van der Waals surface area contributed by atoms with Crippen LogP contribution in [0.5, 0.6) is 0 Å². The minimum atomic E-state index is -0.266. The fraction of sp³-hybridized carbons (Fsp3) is 0.154. The Labute approximate surface area is 202 Å². The van der Waals surface area contributed by atoms with E-state index in [1.807, 2.05) is 60.8 Å². The second kappa shape index (κ2) is 10.7. The van der Waals surface area contributed by atoms with Crippen LogP contribution < -0.4 is 11.1 Å². The van der Waals surface area contributed by atoms with Crippen molar-refractivity contribution in [1.82, 2.24) is 14.9 Å². The number of aromatic nitrogens is 2. The first kappa shape index (κ1) is 23.1. The van der Waals surface area contributed by atoms with Crippen LogP contribution in [0.4, 0.5) is 10.8 Å². The number of rotatable bonds is 8. The number of benzene rings is 2. The summed E-state index contributed by atoms with van der Waals surface area (Å²) in [6.07, 6.45) is 3.80. The summed E-state index contributed by atoms with van der Waals surface area (Å²) in [6.45, 7) is 2.40. The van der Waals surface area contributed by atoms with Crippen molar-refractivity contribution in [2.45, 2.75) is 13.3 Å². The molecule has 0 aliphatic heterocycles. The lowest BCUT2D eigenvalue weighted by Gasteiger charge is -2.23. The number of pyridine rings is 1. The molecule has 2 heterocycles. The number of hydrogen-bond acceptors (Lipinski definition) is 6. The van der Waals surface area contributed by atoms with Crippen LogP contribution in [-0.2, 0) is 11.2 Å². The van der Waals surface area contributed by atoms with Crippen molar-refractivity contribution in [3.63, 3.8) is 0 Å². The Morgan fingerprint density at radius 1 is 1.03 bits per heavy atom. The van der Waals surface area contributed by atoms with Gasteiger partial charge < -0.3 is 16.0 Å². The molecule has 0 aliphatic carbocycles. The molecule has 0 unspecified atom stereocenters. The van der Waals surface area contributed by atoms with Gasteiger partial charge in [0.15, 0.2) is 5.13 Å². The molecule has 4 aromatic rings. The van der Waals surface area contributed by atoms with Gasteiger partial charge in [-0.05, 0) is 48.7 Å². The first-order valence-electron chi connectivity index (χ1n) is 10.8. The van der Waals surface area contributed by atoms with Gasteiger partial charge in [-0.3, -0.25) is 14.6 Å². The minimum absolute atomic E-state index is 0.0581. The maximum atomic E-state index is 13.1. The number of nitrogen functional groups attached to an aromatic ring is 1. The normalized spacial score (nSPS) is 10.6. The van der Waals surface area contributed by atoms with Crippen molar-refractivity contribution in [1.29, 1.82) is 0 Å². The summed E-state index contributed by atoms with van der Waals surface area (Å²) in [5, 5.41) is 5.28. The number of nitrogens with two attached hydrogens (primary N) is 1. The molecular formula is C26H25N5O2S. The first-order valence-corrected chi connectivity index (χ1v) is 11.7. The van der Waals surface area contributed by atoms with E-state index in [-0.39, 0.29) is 18.4 Å². The summed E-state index contributed by atoms with van der Waals surface area (Å²) in [5.41, 5.74) is 10.9. The third-order valence-corrected chi connectivity index (χ3v) is 6.12. The lowest BCUT2D eigenvalue weighted by atomic mass is 10.1. The fourth-order valence-corrected chi connectivity index (χ4v) is 4.17. The van der Waals surface area contributed by atoms with Gasteiger partial charge in [-0.1, -0.05) is 36.4 Å². The van der Waals surface area contributed by atoms with Gasteiger partial charge in [-0.2, -0.15) is 0 Å². The monoisotopic (exact) mass is 471 g/mol. The highest BCUT2D eigenvalue weighted by Gasteiger charge is 2.19. The zero-order valence-corrected chi connectivity index (χ0v) is 19.6. The SMILES string of the molecule is Cc1ccccc1CCN(CC(=O)Nc1ccc(-c2csc(N)n2)cc1)C(=O)c1ccncc1. The Morgan fingerprint density at radius 3 is 2.44 bits per heavy atom. The number of thiazole rings is 1. The van der Waals surface area contributed by atoms with Crippen molar-refractivity contribution in [2.75, 3.05) is 24.1 Å². The van der Waals surface area contributed by atoms with Crippen LogP contribution in [-0.4, -0.2) is 39.8 Å². The molecule has 2 aromatic carbocycles. The summed E-state index contributed by atoms with van der Waals surface area (Å²) in [7, 11) is 0. The van der Waals surface area contributed by atoms with E-state index in [0.717, 1.165) is 22.4 Å². The van der Waals surface area contributed by atoms with Crippen molar-refractivity contribution >= 4 is 34.0 Å². The number of anilines is 2. The van der Waals surface area contributed by atoms with Crippen LogP contribution in [0.25, 0.3) is 11.3 Å². The molecule has 0 radical (unpaired) electrons. The Kier molecular flexibility index (Phi) is 7.29. The highest BCUT2D eigenvalue weighted by molar-refractivity contribution is 7.13. The molecular weight excluding hydrogens is 446 g/mol. The molecule has 0 aliphatic rings.